The summed E-state index contributed by atoms with van der Waals surface area (Å²) >= 11 is 0. The lowest BCUT2D eigenvalue weighted by Gasteiger charge is -2.19. The number of esters is 1. The van der Waals surface area contributed by atoms with Crippen molar-refractivity contribution in [3.63, 3.8) is 0 Å². The van der Waals surface area contributed by atoms with Gasteiger partial charge in [0.05, 0.1) is 25.9 Å². The van der Waals surface area contributed by atoms with E-state index in [0.717, 1.165) is 0 Å². The molecule has 1 aliphatic carbocycles. The quantitative estimate of drug-likeness (QED) is 0.721. The molecule has 5 heteroatoms. The van der Waals surface area contributed by atoms with E-state index in [1.807, 2.05) is 6.92 Å². The third kappa shape index (κ3) is 1.31. The van der Waals surface area contributed by atoms with Crippen molar-refractivity contribution >= 4 is 5.97 Å². The molecule has 1 aromatic rings. The second kappa shape index (κ2) is 3.68. The molecule has 18 heavy (non-hydrogen) atoms. The molecule has 5 nitrogen and oxygen atoms in total. The van der Waals surface area contributed by atoms with Gasteiger partial charge in [0.1, 0.15) is 5.56 Å². The Hall–Kier alpha value is -1.62. The van der Waals surface area contributed by atoms with Crippen LogP contribution >= 0.6 is 0 Å². The summed E-state index contributed by atoms with van der Waals surface area (Å²) in [4.78, 5) is 23.8. The minimum atomic E-state index is -0.583. The van der Waals surface area contributed by atoms with Crippen LogP contribution in [0.2, 0.25) is 0 Å². The SMILES string of the molecule is COC(=O)c1cccn([C@]2(C)[C@@H]3COC[C@@H]32)c1=O. The van der Waals surface area contributed by atoms with Crippen molar-refractivity contribution in [1.82, 2.24) is 4.57 Å². The third-order valence-electron chi connectivity index (χ3n) is 4.34. The van der Waals surface area contributed by atoms with E-state index in [4.69, 9.17) is 4.74 Å². The summed E-state index contributed by atoms with van der Waals surface area (Å²) in [6, 6.07) is 3.22. The third-order valence-corrected chi connectivity index (χ3v) is 4.34. The van der Waals surface area contributed by atoms with Crippen LogP contribution in [-0.2, 0) is 15.0 Å². The van der Waals surface area contributed by atoms with Gasteiger partial charge in [-0.25, -0.2) is 4.79 Å². The van der Waals surface area contributed by atoms with E-state index in [-0.39, 0.29) is 16.7 Å². The predicted octanol–water partition coefficient (Wildman–Crippen LogP) is 0.626. The largest absolute Gasteiger partial charge is 0.465 e. The van der Waals surface area contributed by atoms with Gasteiger partial charge in [0, 0.05) is 18.0 Å². The van der Waals surface area contributed by atoms with Crippen molar-refractivity contribution in [2.75, 3.05) is 20.3 Å². The number of methoxy groups -OCH3 is 1. The van der Waals surface area contributed by atoms with E-state index in [0.29, 0.717) is 25.0 Å². The molecule has 0 bridgehead atoms. The molecule has 3 rings (SSSR count). The molecule has 0 N–H and O–H groups in total. The van der Waals surface area contributed by atoms with Gasteiger partial charge in [-0.15, -0.1) is 0 Å². The molecule has 96 valence electrons. The van der Waals surface area contributed by atoms with Gasteiger partial charge in [-0.3, -0.25) is 4.79 Å². The van der Waals surface area contributed by atoms with Crippen molar-refractivity contribution < 1.29 is 14.3 Å². The highest BCUT2D eigenvalue weighted by Gasteiger charge is 2.65. The molecular formula is C13H15NO4. The van der Waals surface area contributed by atoms with Crippen LogP contribution < -0.4 is 5.56 Å². The van der Waals surface area contributed by atoms with Crippen LogP contribution in [0.5, 0.6) is 0 Å². The number of carbonyl (C=O) groups excluding carboxylic acids is 1. The van der Waals surface area contributed by atoms with Crippen molar-refractivity contribution in [1.29, 1.82) is 0 Å². The van der Waals surface area contributed by atoms with Gasteiger partial charge in [0.25, 0.3) is 5.56 Å². The molecule has 0 unspecified atom stereocenters. The Balaban J connectivity index is 2.05. The molecule has 1 saturated heterocycles. The van der Waals surface area contributed by atoms with Gasteiger partial charge >= 0.3 is 5.97 Å². The molecule has 3 atom stereocenters. The van der Waals surface area contributed by atoms with Crippen molar-refractivity contribution in [2.45, 2.75) is 12.5 Å². The number of pyridine rings is 1. The van der Waals surface area contributed by atoms with Gasteiger partial charge < -0.3 is 14.0 Å². The maximum atomic E-state index is 12.3. The number of carbonyl (C=O) groups is 1. The fraction of sp³-hybridized carbons (Fsp3) is 0.538. The van der Waals surface area contributed by atoms with Crippen LogP contribution in [0.3, 0.4) is 0 Å². The zero-order valence-electron chi connectivity index (χ0n) is 10.4. The molecule has 0 amide bonds. The molecule has 0 spiro atoms. The monoisotopic (exact) mass is 249 g/mol. The van der Waals surface area contributed by atoms with Gasteiger partial charge in [0.15, 0.2) is 0 Å². The van der Waals surface area contributed by atoms with Crippen LogP contribution in [0.25, 0.3) is 0 Å². The molecule has 0 radical (unpaired) electrons. The molecule has 2 heterocycles. The maximum absolute atomic E-state index is 12.3. The van der Waals surface area contributed by atoms with Crippen LogP contribution in [0, 0.1) is 11.8 Å². The summed E-state index contributed by atoms with van der Waals surface area (Å²) in [5.41, 5.74) is -0.396. The Kier molecular flexibility index (Phi) is 2.35. The maximum Gasteiger partial charge on any atom is 0.343 e. The van der Waals surface area contributed by atoms with E-state index in [1.165, 1.54) is 13.2 Å². The lowest BCUT2D eigenvalue weighted by Crippen LogP contribution is -2.35. The average Bonchev–Trinajstić information content (AvgIpc) is 2.79. The number of hydrogen-bond acceptors (Lipinski definition) is 4. The molecule has 0 aromatic carbocycles. The molecule has 1 aromatic heterocycles. The summed E-state index contributed by atoms with van der Waals surface area (Å²) in [6.07, 6.45) is 1.74. The summed E-state index contributed by atoms with van der Waals surface area (Å²) < 4.78 is 11.6. The molecule has 1 aliphatic heterocycles. The van der Waals surface area contributed by atoms with Gasteiger partial charge in [0.2, 0.25) is 0 Å². The van der Waals surface area contributed by atoms with E-state index < -0.39 is 5.97 Å². The number of aromatic nitrogens is 1. The zero-order valence-corrected chi connectivity index (χ0v) is 10.4. The Morgan fingerprint density at radius 1 is 1.50 bits per heavy atom. The van der Waals surface area contributed by atoms with Gasteiger partial charge in [-0.1, -0.05) is 0 Å². The first-order valence-electron chi connectivity index (χ1n) is 5.99. The number of fused-ring (bicyclic) bond motifs is 1. The van der Waals surface area contributed by atoms with E-state index in [9.17, 15) is 9.59 Å². The topological polar surface area (TPSA) is 57.5 Å². The summed E-state index contributed by atoms with van der Waals surface area (Å²) in [5, 5.41) is 0. The fourth-order valence-electron chi connectivity index (χ4n) is 3.07. The van der Waals surface area contributed by atoms with E-state index >= 15 is 0 Å². The molecule has 1 saturated carbocycles. The average molecular weight is 249 g/mol. The first-order valence-corrected chi connectivity index (χ1v) is 5.99. The lowest BCUT2D eigenvalue weighted by atomic mass is 10.2. The fourth-order valence-corrected chi connectivity index (χ4v) is 3.07. The highest BCUT2D eigenvalue weighted by atomic mass is 16.5. The first kappa shape index (κ1) is 11.5. The number of hydrogen-bond donors (Lipinski definition) is 0. The molecular weight excluding hydrogens is 234 g/mol. The van der Waals surface area contributed by atoms with Crippen LogP contribution in [-0.4, -0.2) is 30.9 Å². The normalized spacial score (nSPS) is 33.0. The highest BCUT2D eigenvalue weighted by Crippen LogP contribution is 2.59. The lowest BCUT2D eigenvalue weighted by molar-refractivity contribution is 0.0597. The van der Waals surface area contributed by atoms with Crippen molar-refractivity contribution in [2.24, 2.45) is 11.8 Å². The summed E-state index contributed by atoms with van der Waals surface area (Å²) in [6.45, 7) is 3.43. The summed E-state index contributed by atoms with van der Waals surface area (Å²) in [7, 11) is 1.28. The minimum absolute atomic E-state index is 0.0899. The van der Waals surface area contributed by atoms with Crippen LogP contribution in [0.4, 0.5) is 0 Å². The highest BCUT2D eigenvalue weighted by molar-refractivity contribution is 5.88. The Bertz CT molecular complexity index is 552. The number of ether oxygens (including phenoxy) is 2. The number of rotatable bonds is 2. The van der Waals surface area contributed by atoms with Gasteiger partial charge in [-0.2, -0.15) is 0 Å². The standard InChI is InChI=1S/C13H15NO4/c1-13(9-6-18-7-10(9)13)14-5-3-4-8(11(14)15)12(16)17-2/h3-5,9-10H,6-7H2,1-2H3/t9-,10+,13-. The minimum Gasteiger partial charge on any atom is -0.465 e. The summed E-state index contributed by atoms with van der Waals surface area (Å²) in [5.74, 6) is 0.172. The van der Waals surface area contributed by atoms with Crippen LogP contribution in [0.1, 0.15) is 17.3 Å². The second-order valence-electron chi connectivity index (χ2n) is 5.06. The van der Waals surface area contributed by atoms with Crippen molar-refractivity contribution in [3.8, 4) is 0 Å². The Morgan fingerprint density at radius 2 is 2.17 bits per heavy atom. The molecule has 2 aliphatic rings. The van der Waals surface area contributed by atoms with E-state index in [1.54, 1.807) is 16.8 Å². The Morgan fingerprint density at radius 3 is 2.78 bits per heavy atom. The second-order valence-corrected chi connectivity index (χ2v) is 5.06. The Labute approximate surface area is 104 Å². The van der Waals surface area contributed by atoms with Crippen molar-refractivity contribution in [3.05, 3.63) is 34.2 Å². The predicted molar refractivity (Wildman–Crippen MR) is 63.5 cm³/mol. The van der Waals surface area contributed by atoms with E-state index in [2.05, 4.69) is 4.74 Å². The molecule has 2 fully saturated rings. The number of nitrogens with zero attached hydrogens (tertiary/aromatic N) is 1. The van der Waals surface area contributed by atoms with Crippen LogP contribution in [0.15, 0.2) is 23.1 Å². The van der Waals surface area contributed by atoms with Gasteiger partial charge in [-0.05, 0) is 19.1 Å². The first-order chi connectivity index (χ1) is 8.60. The smallest absolute Gasteiger partial charge is 0.343 e. The zero-order chi connectivity index (χ0) is 12.9.